The minimum atomic E-state index is 0.424. The Balaban J connectivity index is 1.96. The molecular formula is C11H11N7. The minimum absolute atomic E-state index is 0.424. The summed E-state index contributed by atoms with van der Waals surface area (Å²) in [7, 11) is 0. The highest BCUT2D eigenvalue weighted by molar-refractivity contribution is 5.70. The number of rotatable bonds is 1. The molecule has 3 heterocycles. The Bertz CT molecular complexity index is 625. The van der Waals surface area contributed by atoms with Crippen LogP contribution in [0.15, 0.2) is 18.6 Å². The van der Waals surface area contributed by atoms with Crippen molar-refractivity contribution in [1.82, 2.24) is 19.7 Å². The standard InChI is InChI=1S/C11H11N7/c12-5-8-1-2-14-11(10(8)13)17-3-4-18-7-15-16-9(18)6-17/h1-2,7H,3-4,6,13H2. The van der Waals surface area contributed by atoms with Gasteiger partial charge in [0.15, 0.2) is 11.6 Å². The van der Waals surface area contributed by atoms with E-state index in [1.807, 2.05) is 9.47 Å². The second kappa shape index (κ2) is 4.00. The van der Waals surface area contributed by atoms with Gasteiger partial charge in [-0.2, -0.15) is 5.26 Å². The van der Waals surface area contributed by atoms with Crippen molar-refractivity contribution in [3.8, 4) is 6.07 Å². The predicted molar refractivity (Wildman–Crippen MR) is 64.4 cm³/mol. The minimum Gasteiger partial charge on any atom is -0.395 e. The number of nitrogen functional groups attached to an aromatic ring is 1. The highest BCUT2D eigenvalue weighted by atomic mass is 15.3. The summed E-state index contributed by atoms with van der Waals surface area (Å²) in [4.78, 5) is 6.27. The van der Waals surface area contributed by atoms with Crippen molar-refractivity contribution in [3.63, 3.8) is 0 Å². The van der Waals surface area contributed by atoms with Crippen LogP contribution in [0.4, 0.5) is 11.5 Å². The largest absolute Gasteiger partial charge is 0.395 e. The lowest BCUT2D eigenvalue weighted by atomic mass is 10.2. The van der Waals surface area contributed by atoms with Crippen LogP contribution < -0.4 is 10.6 Å². The number of aromatic nitrogens is 4. The molecule has 7 nitrogen and oxygen atoms in total. The first-order valence-electron chi connectivity index (χ1n) is 5.56. The summed E-state index contributed by atoms with van der Waals surface area (Å²) in [6.45, 7) is 2.17. The number of fused-ring (bicyclic) bond motifs is 1. The van der Waals surface area contributed by atoms with E-state index in [0.717, 1.165) is 18.9 Å². The molecule has 0 unspecified atom stereocenters. The first kappa shape index (κ1) is 10.5. The zero-order valence-electron chi connectivity index (χ0n) is 9.61. The first-order chi connectivity index (χ1) is 8.79. The molecule has 0 saturated heterocycles. The number of nitrogens with zero attached hydrogens (tertiary/aromatic N) is 6. The third-order valence-corrected chi connectivity index (χ3v) is 3.03. The molecule has 0 amide bonds. The molecule has 2 aromatic heterocycles. The van der Waals surface area contributed by atoms with Gasteiger partial charge in [-0.3, -0.25) is 0 Å². The molecule has 0 atom stereocenters. The summed E-state index contributed by atoms with van der Waals surface area (Å²) < 4.78 is 2.00. The van der Waals surface area contributed by atoms with Gasteiger partial charge in [0.2, 0.25) is 0 Å². The normalized spacial score (nSPS) is 14.1. The van der Waals surface area contributed by atoms with Crippen molar-refractivity contribution in [2.75, 3.05) is 17.2 Å². The molecule has 90 valence electrons. The fourth-order valence-electron chi connectivity index (χ4n) is 2.06. The second-order valence-corrected chi connectivity index (χ2v) is 4.07. The zero-order valence-corrected chi connectivity index (χ0v) is 9.61. The van der Waals surface area contributed by atoms with Gasteiger partial charge in [0.1, 0.15) is 12.4 Å². The van der Waals surface area contributed by atoms with Crippen LogP contribution in [0.25, 0.3) is 0 Å². The zero-order chi connectivity index (χ0) is 12.5. The summed E-state index contributed by atoms with van der Waals surface area (Å²) in [5.74, 6) is 1.52. The van der Waals surface area contributed by atoms with Crippen molar-refractivity contribution in [1.29, 1.82) is 5.26 Å². The van der Waals surface area contributed by atoms with Crippen molar-refractivity contribution < 1.29 is 0 Å². The molecule has 1 aliphatic rings. The van der Waals surface area contributed by atoms with Crippen LogP contribution in [-0.4, -0.2) is 26.3 Å². The van der Waals surface area contributed by atoms with Crippen LogP contribution in [0.1, 0.15) is 11.4 Å². The van der Waals surface area contributed by atoms with Gasteiger partial charge in [-0.15, -0.1) is 10.2 Å². The Morgan fingerprint density at radius 1 is 1.39 bits per heavy atom. The van der Waals surface area contributed by atoms with Crippen molar-refractivity contribution in [2.24, 2.45) is 0 Å². The summed E-state index contributed by atoms with van der Waals surface area (Å²) in [5.41, 5.74) is 6.83. The molecule has 0 aromatic carbocycles. The number of pyridine rings is 1. The Kier molecular flexibility index (Phi) is 2.34. The predicted octanol–water partition coefficient (Wildman–Crippen LogP) is 0.147. The highest BCUT2D eigenvalue weighted by Crippen LogP contribution is 2.26. The average Bonchev–Trinajstić information content (AvgIpc) is 2.86. The fraction of sp³-hybridized carbons (Fsp3) is 0.273. The molecule has 2 N–H and O–H groups in total. The van der Waals surface area contributed by atoms with E-state index in [9.17, 15) is 0 Å². The topological polar surface area (TPSA) is 96.6 Å². The lowest BCUT2D eigenvalue weighted by Gasteiger charge is -2.28. The summed E-state index contributed by atoms with van der Waals surface area (Å²) in [5, 5.41) is 16.9. The highest BCUT2D eigenvalue weighted by Gasteiger charge is 2.21. The fourth-order valence-corrected chi connectivity index (χ4v) is 2.06. The van der Waals surface area contributed by atoms with Gasteiger partial charge in [0.25, 0.3) is 0 Å². The lowest BCUT2D eigenvalue weighted by Crippen LogP contribution is -2.34. The number of anilines is 2. The van der Waals surface area contributed by atoms with Gasteiger partial charge >= 0.3 is 0 Å². The third-order valence-electron chi connectivity index (χ3n) is 3.03. The van der Waals surface area contributed by atoms with E-state index in [4.69, 9.17) is 11.0 Å². The molecule has 18 heavy (non-hydrogen) atoms. The van der Waals surface area contributed by atoms with Gasteiger partial charge in [-0.1, -0.05) is 0 Å². The Morgan fingerprint density at radius 3 is 3.11 bits per heavy atom. The van der Waals surface area contributed by atoms with Gasteiger partial charge in [0, 0.05) is 19.3 Å². The summed E-state index contributed by atoms with van der Waals surface area (Å²) in [6, 6.07) is 3.68. The Labute approximate surface area is 103 Å². The van der Waals surface area contributed by atoms with E-state index in [-0.39, 0.29) is 0 Å². The van der Waals surface area contributed by atoms with E-state index in [2.05, 4.69) is 21.3 Å². The number of hydrogen-bond donors (Lipinski definition) is 1. The maximum absolute atomic E-state index is 8.96. The molecule has 2 aromatic rings. The van der Waals surface area contributed by atoms with E-state index < -0.39 is 0 Å². The van der Waals surface area contributed by atoms with Gasteiger partial charge in [0.05, 0.1) is 17.8 Å². The molecular weight excluding hydrogens is 230 g/mol. The number of nitrogens with two attached hydrogens (primary N) is 1. The molecule has 0 aliphatic carbocycles. The van der Waals surface area contributed by atoms with Crippen LogP contribution in [-0.2, 0) is 13.1 Å². The number of nitriles is 1. The van der Waals surface area contributed by atoms with Gasteiger partial charge in [-0.05, 0) is 6.07 Å². The quantitative estimate of drug-likeness (QED) is 0.763. The average molecular weight is 241 g/mol. The monoisotopic (exact) mass is 241 g/mol. The Morgan fingerprint density at radius 2 is 2.28 bits per heavy atom. The third kappa shape index (κ3) is 1.55. The maximum Gasteiger partial charge on any atom is 0.153 e. The van der Waals surface area contributed by atoms with E-state index >= 15 is 0 Å². The van der Waals surface area contributed by atoms with Crippen molar-refractivity contribution in [3.05, 3.63) is 30.0 Å². The van der Waals surface area contributed by atoms with Crippen LogP contribution in [0.3, 0.4) is 0 Å². The van der Waals surface area contributed by atoms with E-state index in [1.54, 1.807) is 18.6 Å². The molecule has 0 fully saturated rings. The van der Waals surface area contributed by atoms with E-state index in [0.29, 0.717) is 23.6 Å². The van der Waals surface area contributed by atoms with Crippen LogP contribution in [0.2, 0.25) is 0 Å². The molecule has 0 spiro atoms. The van der Waals surface area contributed by atoms with Crippen molar-refractivity contribution >= 4 is 11.5 Å². The Hall–Kier alpha value is -2.62. The number of hydrogen-bond acceptors (Lipinski definition) is 6. The lowest BCUT2D eigenvalue weighted by molar-refractivity contribution is 0.556. The molecule has 0 saturated carbocycles. The molecule has 1 aliphatic heterocycles. The first-order valence-corrected chi connectivity index (χ1v) is 5.56. The van der Waals surface area contributed by atoms with E-state index in [1.165, 1.54) is 0 Å². The van der Waals surface area contributed by atoms with Crippen LogP contribution in [0.5, 0.6) is 0 Å². The second-order valence-electron chi connectivity index (χ2n) is 4.07. The SMILES string of the molecule is N#Cc1ccnc(N2CCn3cnnc3C2)c1N. The van der Waals surface area contributed by atoms with Gasteiger partial charge < -0.3 is 15.2 Å². The maximum atomic E-state index is 8.96. The molecule has 3 rings (SSSR count). The molecule has 0 radical (unpaired) electrons. The summed E-state index contributed by atoms with van der Waals surface area (Å²) >= 11 is 0. The summed E-state index contributed by atoms with van der Waals surface area (Å²) in [6.07, 6.45) is 3.32. The van der Waals surface area contributed by atoms with Crippen LogP contribution in [0, 0.1) is 11.3 Å². The van der Waals surface area contributed by atoms with Crippen LogP contribution >= 0.6 is 0 Å². The molecule has 7 heteroatoms. The van der Waals surface area contributed by atoms with Gasteiger partial charge in [-0.25, -0.2) is 4.98 Å². The smallest absolute Gasteiger partial charge is 0.153 e. The molecule has 0 bridgehead atoms. The van der Waals surface area contributed by atoms with Crippen molar-refractivity contribution in [2.45, 2.75) is 13.1 Å².